The minimum Gasteiger partial charge on any atom is -0.354 e. The number of aryl methyl sites for hydroxylation is 1. The van der Waals surface area contributed by atoms with Crippen molar-refractivity contribution in [2.75, 3.05) is 11.9 Å². The fourth-order valence-electron chi connectivity index (χ4n) is 1.97. The van der Waals surface area contributed by atoms with E-state index in [1.54, 1.807) is 0 Å². The molecule has 94 valence electrons. The van der Waals surface area contributed by atoms with Crippen LogP contribution in [0, 0.1) is 12.8 Å². The van der Waals surface area contributed by atoms with Crippen molar-refractivity contribution < 1.29 is 0 Å². The summed E-state index contributed by atoms with van der Waals surface area (Å²) in [5.74, 6) is 2.27. The molecule has 1 aliphatic rings. The Kier molecular flexibility index (Phi) is 3.97. The Balaban J connectivity index is 1.85. The smallest absolute Gasteiger partial charge is 0.223 e. The van der Waals surface area contributed by atoms with E-state index in [4.69, 9.17) is 0 Å². The van der Waals surface area contributed by atoms with Crippen molar-refractivity contribution in [3.63, 3.8) is 0 Å². The third-order valence-corrected chi connectivity index (χ3v) is 3.23. The molecule has 0 unspecified atom stereocenters. The maximum atomic E-state index is 4.54. The molecular formula is C14H23N3. The topological polar surface area (TPSA) is 37.8 Å². The van der Waals surface area contributed by atoms with Gasteiger partial charge in [0.05, 0.1) is 0 Å². The number of aromatic nitrogens is 2. The number of anilines is 1. The predicted molar refractivity (Wildman–Crippen MR) is 71.3 cm³/mol. The molecule has 1 heterocycles. The van der Waals surface area contributed by atoms with Gasteiger partial charge in [-0.15, -0.1) is 0 Å². The number of nitrogens with one attached hydrogen (secondary N) is 1. The maximum absolute atomic E-state index is 4.54. The van der Waals surface area contributed by atoms with Crippen LogP contribution in [-0.2, 0) is 0 Å². The number of rotatable bonds is 6. The highest BCUT2D eigenvalue weighted by Crippen LogP contribution is 2.33. The van der Waals surface area contributed by atoms with Gasteiger partial charge in [0.25, 0.3) is 0 Å². The largest absolute Gasteiger partial charge is 0.354 e. The zero-order valence-corrected chi connectivity index (χ0v) is 11.2. The third kappa shape index (κ3) is 3.99. The van der Waals surface area contributed by atoms with Crippen LogP contribution in [0.15, 0.2) is 6.07 Å². The molecule has 2 rings (SSSR count). The molecule has 0 saturated heterocycles. The van der Waals surface area contributed by atoms with Gasteiger partial charge in [-0.05, 0) is 37.7 Å². The van der Waals surface area contributed by atoms with E-state index in [-0.39, 0.29) is 0 Å². The molecular weight excluding hydrogens is 210 g/mol. The van der Waals surface area contributed by atoms with Crippen molar-refractivity contribution in [1.82, 2.24) is 9.97 Å². The van der Waals surface area contributed by atoms with Crippen LogP contribution in [0.5, 0.6) is 0 Å². The Morgan fingerprint density at radius 1 is 1.35 bits per heavy atom. The van der Waals surface area contributed by atoms with Crippen molar-refractivity contribution in [3.05, 3.63) is 17.5 Å². The van der Waals surface area contributed by atoms with E-state index < -0.39 is 0 Å². The normalized spacial score (nSPS) is 15.3. The molecule has 17 heavy (non-hydrogen) atoms. The van der Waals surface area contributed by atoms with Gasteiger partial charge in [0, 0.05) is 17.9 Å². The molecule has 3 heteroatoms. The lowest BCUT2D eigenvalue weighted by atomic mass is 10.1. The Morgan fingerprint density at radius 3 is 2.76 bits per heavy atom. The van der Waals surface area contributed by atoms with Gasteiger partial charge in [-0.25, -0.2) is 9.97 Å². The molecule has 3 nitrogen and oxygen atoms in total. The summed E-state index contributed by atoms with van der Waals surface area (Å²) in [4.78, 5) is 8.97. The maximum Gasteiger partial charge on any atom is 0.223 e. The minimum atomic E-state index is 0.462. The van der Waals surface area contributed by atoms with Crippen LogP contribution >= 0.6 is 0 Å². The average molecular weight is 233 g/mol. The molecule has 1 fully saturated rings. The van der Waals surface area contributed by atoms with Crippen LogP contribution in [0.1, 0.15) is 56.8 Å². The van der Waals surface area contributed by atoms with Gasteiger partial charge in [0.15, 0.2) is 0 Å². The molecule has 0 bridgehead atoms. The van der Waals surface area contributed by atoms with Gasteiger partial charge in [0.2, 0.25) is 5.95 Å². The Morgan fingerprint density at radius 2 is 2.12 bits per heavy atom. The van der Waals surface area contributed by atoms with Crippen LogP contribution in [0.2, 0.25) is 0 Å². The van der Waals surface area contributed by atoms with E-state index in [9.17, 15) is 0 Å². The highest BCUT2D eigenvalue weighted by molar-refractivity contribution is 5.28. The lowest BCUT2D eigenvalue weighted by molar-refractivity contribution is 0.684. The first-order valence-corrected chi connectivity index (χ1v) is 6.74. The molecule has 1 N–H and O–H groups in total. The molecule has 0 radical (unpaired) electrons. The summed E-state index contributed by atoms with van der Waals surface area (Å²) >= 11 is 0. The van der Waals surface area contributed by atoms with Crippen LogP contribution in [0.25, 0.3) is 0 Å². The van der Waals surface area contributed by atoms with Gasteiger partial charge in [-0.1, -0.05) is 26.7 Å². The second kappa shape index (κ2) is 5.48. The monoisotopic (exact) mass is 233 g/mol. The predicted octanol–water partition coefficient (Wildman–Crippen LogP) is 3.51. The molecule has 0 amide bonds. The highest BCUT2D eigenvalue weighted by atomic mass is 15.1. The SMILES string of the molecule is Cc1cc(C(C)C)nc(NCCCC2CC2)n1. The van der Waals surface area contributed by atoms with E-state index in [2.05, 4.69) is 35.2 Å². The molecule has 0 aromatic carbocycles. The summed E-state index contributed by atoms with van der Waals surface area (Å²) in [6.45, 7) is 7.36. The molecule has 0 aliphatic heterocycles. The molecule has 1 saturated carbocycles. The summed E-state index contributed by atoms with van der Waals surface area (Å²) in [6, 6.07) is 2.07. The van der Waals surface area contributed by atoms with Gasteiger partial charge in [-0.3, -0.25) is 0 Å². The van der Waals surface area contributed by atoms with E-state index in [1.165, 1.54) is 25.7 Å². The van der Waals surface area contributed by atoms with E-state index in [1.807, 2.05) is 6.92 Å². The first kappa shape index (κ1) is 12.3. The van der Waals surface area contributed by atoms with Crippen LogP contribution in [0.4, 0.5) is 5.95 Å². The molecule has 0 spiro atoms. The Hall–Kier alpha value is -1.12. The molecule has 1 aliphatic carbocycles. The summed E-state index contributed by atoms with van der Waals surface area (Å²) in [7, 11) is 0. The second-order valence-electron chi connectivity index (χ2n) is 5.42. The molecule has 1 aromatic heterocycles. The molecule has 1 aromatic rings. The summed E-state index contributed by atoms with van der Waals surface area (Å²) < 4.78 is 0. The number of hydrogen-bond donors (Lipinski definition) is 1. The summed E-state index contributed by atoms with van der Waals surface area (Å²) in [5, 5.41) is 3.34. The van der Waals surface area contributed by atoms with Gasteiger partial charge >= 0.3 is 0 Å². The van der Waals surface area contributed by atoms with Crippen molar-refractivity contribution in [2.24, 2.45) is 5.92 Å². The van der Waals surface area contributed by atoms with Gasteiger partial charge < -0.3 is 5.32 Å². The summed E-state index contributed by atoms with van der Waals surface area (Å²) in [5.41, 5.74) is 2.18. The number of hydrogen-bond acceptors (Lipinski definition) is 3. The number of nitrogens with zero attached hydrogens (tertiary/aromatic N) is 2. The lowest BCUT2D eigenvalue weighted by Crippen LogP contribution is -2.08. The van der Waals surface area contributed by atoms with E-state index in [0.717, 1.165) is 29.8 Å². The second-order valence-corrected chi connectivity index (χ2v) is 5.42. The van der Waals surface area contributed by atoms with Crippen molar-refractivity contribution in [3.8, 4) is 0 Å². The highest BCUT2D eigenvalue weighted by Gasteiger charge is 2.19. The van der Waals surface area contributed by atoms with Gasteiger partial charge in [0.1, 0.15) is 0 Å². The first-order chi connectivity index (χ1) is 8.15. The fourth-order valence-corrected chi connectivity index (χ4v) is 1.97. The minimum absolute atomic E-state index is 0.462. The summed E-state index contributed by atoms with van der Waals surface area (Å²) in [6.07, 6.45) is 5.48. The standard InChI is InChI=1S/C14H23N3/c1-10(2)13-9-11(3)16-14(17-13)15-8-4-5-12-6-7-12/h9-10,12H,4-8H2,1-3H3,(H,15,16,17). The molecule has 0 atom stereocenters. The van der Waals surface area contributed by atoms with Crippen molar-refractivity contribution in [2.45, 2.75) is 52.4 Å². The fraction of sp³-hybridized carbons (Fsp3) is 0.714. The zero-order chi connectivity index (χ0) is 12.3. The quantitative estimate of drug-likeness (QED) is 0.764. The Labute approximate surface area is 104 Å². The van der Waals surface area contributed by atoms with Crippen molar-refractivity contribution in [1.29, 1.82) is 0 Å². The van der Waals surface area contributed by atoms with Crippen molar-refractivity contribution >= 4 is 5.95 Å². The third-order valence-electron chi connectivity index (χ3n) is 3.23. The van der Waals surface area contributed by atoms with Crippen LogP contribution < -0.4 is 5.32 Å². The Bertz CT molecular complexity index is 370. The van der Waals surface area contributed by atoms with E-state index in [0.29, 0.717) is 5.92 Å². The lowest BCUT2D eigenvalue weighted by Gasteiger charge is -2.09. The average Bonchev–Trinajstić information content (AvgIpc) is 3.07. The van der Waals surface area contributed by atoms with Crippen LogP contribution in [0.3, 0.4) is 0 Å². The van der Waals surface area contributed by atoms with Gasteiger partial charge in [-0.2, -0.15) is 0 Å². The zero-order valence-electron chi connectivity index (χ0n) is 11.2. The van der Waals surface area contributed by atoms with E-state index >= 15 is 0 Å². The van der Waals surface area contributed by atoms with Crippen LogP contribution in [-0.4, -0.2) is 16.5 Å². The first-order valence-electron chi connectivity index (χ1n) is 6.74.